The van der Waals surface area contributed by atoms with Gasteiger partial charge in [-0.05, 0) is 24.1 Å². The Hall–Kier alpha value is -2.30. The zero-order valence-electron chi connectivity index (χ0n) is 9.31. The Balaban J connectivity index is 1.80. The highest BCUT2D eigenvalue weighted by molar-refractivity contribution is 5.93. The molecule has 0 bridgehead atoms. The smallest absolute Gasteiger partial charge is 0.254 e. The molecule has 5 heteroatoms. The van der Waals surface area contributed by atoms with E-state index in [0.29, 0.717) is 12.1 Å². The van der Waals surface area contributed by atoms with E-state index in [1.807, 2.05) is 24.3 Å². The van der Waals surface area contributed by atoms with Gasteiger partial charge in [0.05, 0.1) is 11.8 Å². The number of aromatic nitrogens is 2. The number of hydrogen-bond donors (Lipinski definition) is 3. The number of benzene rings is 1. The molecular formula is C12H14N4O. The third kappa shape index (κ3) is 3.07. The quantitative estimate of drug-likeness (QED) is 0.684. The summed E-state index contributed by atoms with van der Waals surface area (Å²) in [6.45, 7) is 0.591. The number of nitrogens with zero attached hydrogens (tertiary/aromatic N) is 1. The molecule has 2 aromatic rings. The summed E-state index contributed by atoms with van der Waals surface area (Å²) >= 11 is 0. The van der Waals surface area contributed by atoms with Crippen molar-refractivity contribution in [2.75, 3.05) is 12.3 Å². The summed E-state index contributed by atoms with van der Waals surface area (Å²) in [6, 6.07) is 7.62. The summed E-state index contributed by atoms with van der Waals surface area (Å²) < 4.78 is 0. The lowest BCUT2D eigenvalue weighted by Crippen LogP contribution is -2.25. The van der Waals surface area contributed by atoms with Crippen LogP contribution in [-0.4, -0.2) is 22.6 Å². The van der Waals surface area contributed by atoms with E-state index in [9.17, 15) is 4.79 Å². The van der Waals surface area contributed by atoms with E-state index in [0.717, 1.165) is 17.7 Å². The van der Waals surface area contributed by atoms with E-state index in [1.54, 1.807) is 6.20 Å². The van der Waals surface area contributed by atoms with Gasteiger partial charge in [-0.25, -0.2) is 0 Å². The molecule has 0 saturated carbocycles. The average Bonchev–Trinajstić information content (AvgIpc) is 2.85. The maximum absolute atomic E-state index is 11.6. The van der Waals surface area contributed by atoms with Crippen LogP contribution in [0.15, 0.2) is 36.7 Å². The summed E-state index contributed by atoms with van der Waals surface area (Å²) in [6.07, 6.45) is 3.85. The van der Waals surface area contributed by atoms with Crippen LogP contribution >= 0.6 is 0 Å². The SMILES string of the molecule is Nc1ccc(CCNC(=O)c2cn[nH]c2)cc1. The normalized spacial score (nSPS) is 10.1. The highest BCUT2D eigenvalue weighted by atomic mass is 16.1. The van der Waals surface area contributed by atoms with E-state index < -0.39 is 0 Å². The number of nitrogen functional groups attached to an aromatic ring is 1. The molecule has 5 nitrogen and oxygen atoms in total. The van der Waals surface area contributed by atoms with Crippen LogP contribution in [0.4, 0.5) is 5.69 Å². The van der Waals surface area contributed by atoms with E-state index in [1.165, 1.54) is 6.20 Å². The third-order valence-electron chi connectivity index (χ3n) is 2.44. The molecule has 0 aliphatic carbocycles. The Morgan fingerprint density at radius 1 is 1.35 bits per heavy atom. The second-order valence-electron chi connectivity index (χ2n) is 3.73. The van der Waals surface area contributed by atoms with E-state index in [4.69, 9.17) is 5.73 Å². The number of nitrogens with two attached hydrogens (primary N) is 1. The van der Waals surface area contributed by atoms with Crippen molar-refractivity contribution in [2.24, 2.45) is 0 Å². The molecule has 4 N–H and O–H groups in total. The topological polar surface area (TPSA) is 83.8 Å². The first-order chi connectivity index (χ1) is 8.25. The summed E-state index contributed by atoms with van der Waals surface area (Å²) in [5.74, 6) is -0.116. The number of aromatic amines is 1. The Labute approximate surface area is 99.0 Å². The van der Waals surface area contributed by atoms with Crippen LogP contribution in [-0.2, 0) is 6.42 Å². The summed E-state index contributed by atoms with van der Waals surface area (Å²) in [4.78, 5) is 11.6. The second-order valence-corrected chi connectivity index (χ2v) is 3.73. The van der Waals surface area contributed by atoms with Gasteiger partial charge >= 0.3 is 0 Å². The van der Waals surface area contributed by atoms with Crippen molar-refractivity contribution in [3.05, 3.63) is 47.8 Å². The molecule has 88 valence electrons. The van der Waals surface area contributed by atoms with Gasteiger partial charge in [0.25, 0.3) is 5.91 Å². The number of hydrogen-bond acceptors (Lipinski definition) is 3. The lowest BCUT2D eigenvalue weighted by atomic mass is 10.1. The number of amides is 1. The van der Waals surface area contributed by atoms with Crippen LogP contribution in [0.1, 0.15) is 15.9 Å². The molecule has 0 aliphatic rings. The van der Waals surface area contributed by atoms with Gasteiger partial charge in [0.1, 0.15) is 0 Å². The zero-order valence-corrected chi connectivity index (χ0v) is 9.31. The maximum atomic E-state index is 11.6. The van der Waals surface area contributed by atoms with Crippen LogP contribution in [0, 0.1) is 0 Å². The van der Waals surface area contributed by atoms with Gasteiger partial charge in [-0.2, -0.15) is 5.10 Å². The summed E-state index contributed by atoms with van der Waals surface area (Å²) in [7, 11) is 0. The van der Waals surface area contributed by atoms with Gasteiger partial charge in [-0.15, -0.1) is 0 Å². The Morgan fingerprint density at radius 2 is 2.12 bits per heavy atom. The van der Waals surface area contributed by atoms with Gasteiger partial charge in [0, 0.05) is 18.4 Å². The van der Waals surface area contributed by atoms with Crippen molar-refractivity contribution in [1.82, 2.24) is 15.5 Å². The molecule has 0 aliphatic heterocycles. The fraction of sp³-hybridized carbons (Fsp3) is 0.167. The van der Waals surface area contributed by atoms with Crippen molar-refractivity contribution in [3.63, 3.8) is 0 Å². The number of carbonyl (C=O) groups is 1. The van der Waals surface area contributed by atoms with E-state index in [-0.39, 0.29) is 5.91 Å². The number of anilines is 1. The Kier molecular flexibility index (Phi) is 3.40. The predicted octanol–water partition coefficient (Wildman–Crippen LogP) is 0.964. The van der Waals surface area contributed by atoms with Gasteiger partial charge in [-0.3, -0.25) is 9.89 Å². The van der Waals surface area contributed by atoms with Crippen molar-refractivity contribution in [1.29, 1.82) is 0 Å². The number of nitrogens with one attached hydrogen (secondary N) is 2. The number of rotatable bonds is 4. The van der Waals surface area contributed by atoms with Crippen LogP contribution in [0.3, 0.4) is 0 Å². The molecule has 2 rings (SSSR count). The van der Waals surface area contributed by atoms with Gasteiger partial charge in [-0.1, -0.05) is 12.1 Å². The van der Waals surface area contributed by atoms with Crippen LogP contribution < -0.4 is 11.1 Å². The number of H-pyrrole nitrogens is 1. The molecular weight excluding hydrogens is 216 g/mol. The largest absolute Gasteiger partial charge is 0.399 e. The molecule has 0 fully saturated rings. The van der Waals surface area contributed by atoms with Gasteiger partial charge in [0.2, 0.25) is 0 Å². The number of carbonyl (C=O) groups excluding carboxylic acids is 1. The molecule has 1 aromatic carbocycles. The van der Waals surface area contributed by atoms with Gasteiger partial charge in [0.15, 0.2) is 0 Å². The average molecular weight is 230 g/mol. The molecule has 0 atom stereocenters. The third-order valence-corrected chi connectivity index (χ3v) is 2.44. The molecule has 0 spiro atoms. The first-order valence-electron chi connectivity index (χ1n) is 5.37. The molecule has 1 heterocycles. The second kappa shape index (κ2) is 5.16. The minimum Gasteiger partial charge on any atom is -0.399 e. The monoisotopic (exact) mass is 230 g/mol. The summed E-state index contributed by atoms with van der Waals surface area (Å²) in [5.41, 5.74) is 8.02. The van der Waals surface area contributed by atoms with Crippen molar-refractivity contribution in [3.8, 4) is 0 Å². The highest BCUT2D eigenvalue weighted by Crippen LogP contribution is 2.05. The summed E-state index contributed by atoms with van der Waals surface area (Å²) in [5, 5.41) is 9.14. The van der Waals surface area contributed by atoms with E-state index in [2.05, 4.69) is 15.5 Å². The molecule has 0 unspecified atom stereocenters. The maximum Gasteiger partial charge on any atom is 0.254 e. The Bertz CT molecular complexity index is 476. The highest BCUT2D eigenvalue weighted by Gasteiger charge is 2.04. The van der Waals surface area contributed by atoms with E-state index >= 15 is 0 Å². The molecule has 0 radical (unpaired) electrons. The van der Waals surface area contributed by atoms with Crippen LogP contribution in [0.2, 0.25) is 0 Å². The minimum absolute atomic E-state index is 0.116. The molecule has 1 amide bonds. The first-order valence-corrected chi connectivity index (χ1v) is 5.37. The Morgan fingerprint density at radius 3 is 2.76 bits per heavy atom. The zero-order chi connectivity index (χ0) is 12.1. The predicted molar refractivity (Wildman–Crippen MR) is 65.5 cm³/mol. The minimum atomic E-state index is -0.116. The standard InChI is InChI=1S/C12H14N4O/c13-11-3-1-9(2-4-11)5-6-14-12(17)10-7-15-16-8-10/h1-4,7-8H,5-6,13H2,(H,14,17)(H,15,16). The first kappa shape index (κ1) is 11.2. The lowest BCUT2D eigenvalue weighted by molar-refractivity contribution is 0.0954. The molecule has 17 heavy (non-hydrogen) atoms. The van der Waals surface area contributed by atoms with Crippen LogP contribution in [0.5, 0.6) is 0 Å². The van der Waals surface area contributed by atoms with Gasteiger partial charge < -0.3 is 11.1 Å². The molecule has 1 aromatic heterocycles. The lowest BCUT2D eigenvalue weighted by Gasteiger charge is -2.04. The van der Waals surface area contributed by atoms with Crippen LogP contribution in [0.25, 0.3) is 0 Å². The fourth-order valence-electron chi connectivity index (χ4n) is 1.48. The van der Waals surface area contributed by atoms with Crippen molar-refractivity contribution in [2.45, 2.75) is 6.42 Å². The van der Waals surface area contributed by atoms with Crippen molar-refractivity contribution >= 4 is 11.6 Å². The fourth-order valence-corrected chi connectivity index (χ4v) is 1.48. The molecule has 0 saturated heterocycles. The van der Waals surface area contributed by atoms with Crippen molar-refractivity contribution < 1.29 is 4.79 Å².